The van der Waals surface area contributed by atoms with Gasteiger partial charge in [0.25, 0.3) is 0 Å². The molecule has 146 valence electrons. The van der Waals surface area contributed by atoms with Gasteiger partial charge in [-0.1, -0.05) is 35.9 Å². The normalized spacial score (nSPS) is 11.7. The topological polar surface area (TPSA) is 68.2 Å². The lowest BCUT2D eigenvalue weighted by Gasteiger charge is -2.20. The van der Waals surface area contributed by atoms with E-state index >= 15 is 0 Å². The zero-order valence-electron chi connectivity index (χ0n) is 15.9. The van der Waals surface area contributed by atoms with E-state index in [0.29, 0.717) is 18.0 Å². The number of imidazole rings is 1. The lowest BCUT2D eigenvalue weighted by atomic mass is 10.1. The highest BCUT2D eigenvalue weighted by molar-refractivity contribution is 6.30. The number of ether oxygens (including phenoxy) is 1. The average Bonchev–Trinajstić information content (AvgIpc) is 3.12. The van der Waals surface area contributed by atoms with E-state index in [2.05, 4.69) is 15.6 Å². The number of methoxy groups -OCH3 is 1. The fourth-order valence-corrected chi connectivity index (χ4v) is 3.16. The number of hydrogen-bond donors (Lipinski definition) is 2. The minimum atomic E-state index is -0.378. The van der Waals surface area contributed by atoms with Gasteiger partial charge in [0.2, 0.25) is 0 Å². The maximum Gasteiger partial charge on any atom is 0.315 e. The number of aryl methyl sites for hydroxylation is 1. The third-order valence-corrected chi connectivity index (χ3v) is 4.66. The van der Waals surface area contributed by atoms with Gasteiger partial charge in [-0.15, -0.1) is 0 Å². The molecule has 0 fully saturated rings. The summed E-state index contributed by atoms with van der Waals surface area (Å²) in [4.78, 5) is 16.9. The first-order valence-electron chi connectivity index (χ1n) is 8.97. The van der Waals surface area contributed by atoms with Gasteiger partial charge in [0, 0.05) is 31.0 Å². The van der Waals surface area contributed by atoms with Crippen LogP contribution in [0.25, 0.3) is 0 Å². The molecular formula is C21H23ClN4O2. The van der Waals surface area contributed by atoms with Crippen LogP contribution in [-0.2, 0) is 13.5 Å². The van der Waals surface area contributed by atoms with E-state index in [9.17, 15) is 4.79 Å². The maximum atomic E-state index is 12.5. The molecule has 2 N–H and O–H groups in total. The molecule has 3 rings (SSSR count). The molecule has 0 unspecified atom stereocenters. The molecule has 0 aliphatic heterocycles. The van der Waals surface area contributed by atoms with Gasteiger partial charge in [-0.2, -0.15) is 0 Å². The van der Waals surface area contributed by atoms with E-state index in [1.807, 2.05) is 66.3 Å². The molecule has 1 atom stereocenters. The number of benzene rings is 2. The molecule has 0 saturated heterocycles. The van der Waals surface area contributed by atoms with Crippen LogP contribution in [0.2, 0.25) is 5.02 Å². The van der Waals surface area contributed by atoms with Crippen LogP contribution in [0, 0.1) is 0 Å². The molecular weight excluding hydrogens is 376 g/mol. The fraction of sp³-hybridized carbons (Fsp3) is 0.238. The summed E-state index contributed by atoms with van der Waals surface area (Å²) in [5.74, 6) is 1.50. The van der Waals surface area contributed by atoms with Crippen LogP contribution in [-0.4, -0.2) is 29.2 Å². The number of nitrogens with one attached hydrogen (secondary N) is 2. The first kappa shape index (κ1) is 19.8. The summed E-state index contributed by atoms with van der Waals surface area (Å²) in [5.41, 5.74) is 1.99. The van der Waals surface area contributed by atoms with Crippen molar-refractivity contribution in [1.82, 2.24) is 20.2 Å². The predicted octanol–water partition coefficient (Wildman–Crippen LogP) is 3.71. The van der Waals surface area contributed by atoms with E-state index in [0.717, 1.165) is 22.7 Å². The van der Waals surface area contributed by atoms with E-state index in [4.69, 9.17) is 16.3 Å². The number of carbonyl (C=O) groups is 1. The van der Waals surface area contributed by atoms with E-state index in [1.165, 1.54) is 0 Å². The highest BCUT2D eigenvalue weighted by Crippen LogP contribution is 2.22. The fourth-order valence-electron chi connectivity index (χ4n) is 2.94. The van der Waals surface area contributed by atoms with E-state index in [-0.39, 0.29) is 12.1 Å². The summed E-state index contributed by atoms with van der Waals surface area (Å²) >= 11 is 6.00. The number of amides is 2. The van der Waals surface area contributed by atoms with Crippen LogP contribution >= 0.6 is 11.6 Å². The van der Waals surface area contributed by atoms with E-state index in [1.54, 1.807) is 13.3 Å². The monoisotopic (exact) mass is 398 g/mol. The Hall–Kier alpha value is -2.99. The second-order valence-electron chi connectivity index (χ2n) is 6.38. The van der Waals surface area contributed by atoms with Gasteiger partial charge in [0.15, 0.2) is 0 Å². The third kappa shape index (κ3) is 5.04. The Morgan fingerprint density at radius 2 is 2.04 bits per heavy atom. The van der Waals surface area contributed by atoms with Crippen molar-refractivity contribution in [3.8, 4) is 5.75 Å². The third-order valence-electron chi connectivity index (χ3n) is 4.43. The molecule has 0 saturated carbocycles. The Morgan fingerprint density at radius 3 is 2.68 bits per heavy atom. The van der Waals surface area contributed by atoms with Crippen molar-refractivity contribution in [2.75, 3.05) is 13.7 Å². The van der Waals surface area contributed by atoms with Gasteiger partial charge in [-0.25, -0.2) is 9.78 Å². The zero-order chi connectivity index (χ0) is 19.9. The number of nitrogens with zero attached hydrogens (tertiary/aromatic N) is 2. The molecule has 0 aliphatic carbocycles. The summed E-state index contributed by atoms with van der Waals surface area (Å²) in [7, 11) is 3.52. The molecule has 7 heteroatoms. The Bertz CT molecular complexity index is 924. The summed E-state index contributed by atoms with van der Waals surface area (Å²) in [6, 6.07) is 14.6. The van der Waals surface area contributed by atoms with Gasteiger partial charge in [-0.05, 0) is 41.8 Å². The van der Waals surface area contributed by atoms with Crippen LogP contribution in [0.15, 0.2) is 60.9 Å². The number of aromatic nitrogens is 2. The first-order valence-corrected chi connectivity index (χ1v) is 9.34. The molecule has 1 aromatic heterocycles. The van der Waals surface area contributed by atoms with Crippen molar-refractivity contribution in [3.05, 3.63) is 82.9 Å². The molecule has 1 heterocycles. The highest BCUT2D eigenvalue weighted by atomic mass is 35.5. The first-order chi connectivity index (χ1) is 13.6. The summed E-state index contributed by atoms with van der Waals surface area (Å²) < 4.78 is 7.11. The summed E-state index contributed by atoms with van der Waals surface area (Å²) in [6.07, 6.45) is 4.26. The molecule has 28 heavy (non-hydrogen) atoms. The predicted molar refractivity (Wildman–Crippen MR) is 110 cm³/mol. The minimum absolute atomic E-state index is 0.258. The van der Waals surface area contributed by atoms with Crippen LogP contribution in [0.5, 0.6) is 5.75 Å². The molecule has 6 nitrogen and oxygen atoms in total. The Labute approximate surface area is 169 Å². The van der Waals surface area contributed by atoms with Gasteiger partial charge in [0.1, 0.15) is 17.6 Å². The van der Waals surface area contributed by atoms with Gasteiger partial charge in [-0.3, -0.25) is 0 Å². The number of urea groups is 1. The van der Waals surface area contributed by atoms with Gasteiger partial charge < -0.3 is 19.9 Å². The highest BCUT2D eigenvalue weighted by Gasteiger charge is 2.20. The van der Waals surface area contributed by atoms with Gasteiger partial charge >= 0.3 is 6.03 Å². The van der Waals surface area contributed by atoms with Gasteiger partial charge in [0.05, 0.1) is 7.11 Å². The van der Waals surface area contributed by atoms with Crippen molar-refractivity contribution >= 4 is 17.6 Å². The van der Waals surface area contributed by atoms with Crippen LogP contribution < -0.4 is 15.4 Å². The molecule has 0 bridgehead atoms. The number of halogens is 1. The van der Waals surface area contributed by atoms with Crippen molar-refractivity contribution in [2.45, 2.75) is 12.5 Å². The SMILES string of the molecule is COc1ccc([C@H](NC(=O)NCCc2cccc(Cl)c2)c2nccn2C)cc1. The molecule has 0 spiro atoms. The molecule has 3 aromatic rings. The minimum Gasteiger partial charge on any atom is -0.497 e. The number of rotatable bonds is 7. The number of hydrogen-bond acceptors (Lipinski definition) is 3. The van der Waals surface area contributed by atoms with Crippen molar-refractivity contribution in [1.29, 1.82) is 0 Å². The van der Waals surface area contributed by atoms with Crippen molar-refractivity contribution in [2.24, 2.45) is 7.05 Å². The number of carbonyl (C=O) groups excluding carboxylic acids is 1. The Kier molecular flexibility index (Phi) is 6.55. The quantitative estimate of drug-likeness (QED) is 0.637. The van der Waals surface area contributed by atoms with Crippen molar-refractivity contribution < 1.29 is 9.53 Å². The summed E-state index contributed by atoms with van der Waals surface area (Å²) in [5, 5.41) is 6.60. The molecule has 2 amide bonds. The zero-order valence-corrected chi connectivity index (χ0v) is 16.6. The lowest BCUT2D eigenvalue weighted by Crippen LogP contribution is -2.40. The van der Waals surface area contributed by atoms with E-state index < -0.39 is 0 Å². The molecule has 0 aliphatic rings. The molecule has 0 radical (unpaired) electrons. The Balaban J connectivity index is 1.66. The molecule has 2 aromatic carbocycles. The second-order valence-corrected chi connectivity index (χ2v) is 6.82. The lowest BCUT2D eigenvalue weighted by molar-refractivity contribution is 0.238. The summed E-state index contributed by atoms with van der Waals surface area (Å²) in [6.45, 7) is 0.502. The standard InChI is InChI=1S/C21H23ClN4O2/c1-26-13-12-23-20(26)19(16-6-8-18(28-2)9-7-16)25-21(27)24-11-10-15-4-3-5-17(22)14-15/h3-9,12-14,19H,10-11H2,1-2H3,(H2,24,25,27)/t19-/m0/s1. The van der Waals surface area contributed by atoms with Crippen LogP contribution in [0.3, 0.4) is 0 Å². The second kappa shape index (κ2) is 9.28. The van der Waals surface area contributed by atoms with Crippen molar-refractivity contribution in [3.63, 3.8) is 0 Å². The Morgan fingerprint density at radius 1 is 1.25 bits per heavy atom. The van der Waals surface area contributed by atoms with Crippen LogP contribution in [0.4, 0.5) is 4.79 Å². The smallest absolute Gasteiger partial charge is 0.315 e. The van der Waals surface area contributed by atoms with Crippen LogP contribution in [0.1, 0.15) is 23.0 Å². The largest absolute Gasteiger partial charge is 0.497 e. The average molecular weight is 399 g/mol. The maximum absolute atomic E-state index is 12.5.